The van der Waals surface area contributed by atoms with E-state index in [4.69, 9.17) is 0 Å². The van der Waals surface area contributed by atoms with Crippen molar-refractivity contribution < 1.29 is 36.9 Å². The van der Waals surface area contributed by atoms with Gasteiger partial charge in [0.15, 0.2) is 11.6 Å². The number of aliphatic hydroxyl groups is 2. The van der Waals surface area contributed by atoms with Crippen LogP contribution in [0, 0.1) is 0 Å². The summed E-state index contributed by atoms with van der Waals surface area (Å²) in [6.45, 7) is 5.53. The van der Waals surface area contributed by atoms with E-state index in [1.807, 2.05) is 13.8 Å². The average molecular weight is 468 g/mol. The van der Waals surface area contributed by atoms with Crippen molar-refractivity contribution >= 4 is 11.6 Å². The third-order valence-electron chi connectivity index (χ3n) is 5.06. The van der Waals surface area contributed by atoms with Gasteiger partial charge >= 0.3 is 0 Å². The minimum atomic E-state index is -0.0841. The number of carbonyl (C=O) groups is 2. The number of nitrogens with one attached hydrogen (secondary N) is 2. The SMILES string of the molecule is CC/C(NCCCCCCN/C(CC)=C1/C=C(O)C=CC1=O)=C1\C=C(O)C=CC1=O.[Fe]. The van der Waals surface area contributed by atoms with Gasteiger partial charge < -0.3 is 20.8 Å². The van der Waals surface area contributed by atoms with Crippen molar-refractivity contribution in [1.82, 2.24) is 10.6 Å². The first-order valence-corrected chi connectivity index (χ1v) is 10.7. The Balaban J connectivity index is 0.00000480. The average Bonchev–Trinajstić information content (AvgIpc) is 2.74. The van der Waals surface area contributed by atoms with Gasteiger partial charge in [-0.05, 0) is 62.1 Å². The van der Waals surface area contributed by atoms with Crippen LogP contribution in [0.3, 0.4) is 0 Å². The van der Waals surface area contributed by atoms with Crippen LogP contribution in [0.25, 0.3) is 0 Å². The van der Waals surface area contributed by atoms with Crippen molar-refractivity contribution in [2.24, 2.45) is 0 Å². The molecule has 0 saturated carbocycles. The van der Waals surface area contributed by atoms with Crippen LogP contribution in [-0.2, 0) is 26.7 Å². The van der Waals surface area contributed by atoms with Crippen molar-refractivity contribution in [2.75, 3.05) is 13.1 Å². The summed E-state index contributed by atoms with van der Waals surface area (Å²) < 4.78 is 0. The molecule has 4 N–H and O–H groups in total. The Morgan fingerprint density at radius 2 is 1.10 bits per heavy atom. The predicted octanol–water partition coefficient (Wildman–Crippen LogP) is 4.21. The summed E-state index contributed by atoms with van der Waals surface area (Å²) in [5.41, 5.74) is 2.79. The van der Waals surface area contributed by atoms with E-state index >= 15 is 0 Å². The summed E-state index contributed by atoms with van der Waals surface area (Å²) in [6.07, 6.45) is 14.1. The second kappa shape index (κ2) is 13.7. The molecule has 0 saturated heterocycles. The zero-order valence-electron chi connectivity index (χ0n) is 18.2. The van der Waals surface area contributed by atoms with Crippen molar-refractivity contribution in [3.05, 3.63) is 70.5 Å². The Bertz CT molecular complexity index is 778. The smallest absolute Gasteiger partial charge is 0.187 e. The van der Waals surface area contributed by atoms with Crippen LogP contribution < -0.4 is 10.6 Å². The molecule has 0 bridgehead atoms. The van der Waals surface area contributed by atoms with E-state index in [1.54, 1.807) is 0 Å². The van der Waals surface area contributed by atoms with Gasteiger partial charge in [-0.25, -0.2) is 0 Å². The fraction of sp³-hybridized carbons (Fsp3) is 0.417. The number of carbonyl (C=O) groups excluding carboxylic acids is 2. The maximum Gasteiger partial charge on any atom is 0.187 e. The normalized spacial score (nSPS) is 18.8. The minimum Gasteiger partial charge on any atom is -0.508 e. The topological polar surface area (TPSA) is 98.7 Å². The van der Waals surface area contributed by atoms with Crippen LogP contribution in [0.2, 0.25) is 0 Å². The van der Waals surface area contributed by atoms with Gasteiger partial charge in [-0.15, -0.1) is 0 Å². The van der Waals surface area contributed by atoms with E-state index in [1.165, 1.54) is 36.5 Å². The molecule has 0 atom stereocenters. The first-order chi connectivity index (χ1) is 14.5. The molecule has 0 radical (unpaired) electrons. The molecule has 0 aromatic rings. The maximum absolute atomic E-state index is 12.0. The van der Waals surface area contributed by atoms with Crippen LogP contribution in [-0.4, -0.2) is 34.9 Å². The first-order valence-electron chi connectivity index (χ1n) is 10.7. The molecule has 6 nitrogen and oxygen atoms in total. The monoisotopic (exact) mass is 468 g/mol. The molecule has 170 valence electrons. The number of hydrogen-bond acceptors (Lipinski definition) is 6. The van der Waals surface area contributed by atoms with Crippen LogP contribution in [0.5, 0.6) is 0 Å². The number of rotatable bonds is 11. The molecule has 7 heteroatoms. The summed E-state index contributed by atoms with van der Waals surface area (Å²) >= 11 is 0. The fourth-order valence-corrected chi connectivity index (χ4v) is 3.41. The summed E-state index contributed by atoms with van der Waals surface area (Å²) in [4.78, 5) is 24.0. The number of allylic oxidation sites excluding steroid dienone is 10. The van der Waals surface area contributed by atoms with Crippen molar-refractivity contribution in [3.63, 3.8) is 0 Å². The van der Waals surface area contributed by atoms with Gasteiger partial charge in [0.25, 0.3) is 0 Å². The third kappa shape index (κ3) is 8.27. The minimum absolute atomic E-state index is 0. The molecule has 0 aromatic heterocycles. The van der Waals surface area contributed by atoms with Crippen molar-refractivity contribution in [2.45, 2.75) is 52.4 Å². The Morgan fingerprint density at radius 1 is 0.710 bits per heavy atom. The van der Waals surface area contributed by atoms with E-state index in [-0.39, 0.29) is 40.2 Å². The van der Waals surface area contributed by atoms with Crippen molar-refractivity contribution in [3.8, 4) is 0 Å². The van der Waals surface area contributed by atoms with Crippen LogP contribution >= 0.6 is 0 Å². The largest absolute Gasteiger partial charge is 0.508 e. The standard InChI is InChI=1S/C24H32N2O4.Fe/c1-3-21(19-15-17(27)9-11-23(19)29)25-13-7-5-6-8-14-26-22(4-2)20-16-18(28)10-12-24(20)30;/h9-12,15-16,25-28H,3-8,13-14H2,1-2H3;/b21-19-,22-20-;. The summed E-state index contributed by atoms with van der Waals surface area (Å²) in [6, 6.07) is 0. The Kier molecular flexibility index (Phi) is 11.8. The zero-order chi connectivity index (χ0) is 21.9. The molecule has 0 heterocycles. The van der Waals surface area contributed by atoms with E-state index < -0.39 is 0 Å². The quantitative estimate of drug-likeness (QED) is 0.206. The molecule has 0 unspecified atom stereocenters. The van der Waals surface area contributed by atoms with Gasteiger partial charge in [0.05, 0.1) is 0 Å². The molecule has 0 spiro atoms. The second-order valence-electron chi connectivity index (χ2n) is 7.29. The molecule has 2 rings (SSSR count). The molecule has 0 aromatic carbocycles. The molecular weight excluding hydrogens is 436 g/mol. The van der Waals surface area contributed by atoms with E-state index in [0.717, 1.165) is 50.2 Å². The van der Waals surface area contributed by atoms with Crippen LogP contribution in [0.15, 0.2) is 70.5 Å². The molecule has 0 aliphatic heterocycles. The summed E-state index contributed by atoms with van der Waals surface area (Å²) in [5.74, 6) is 0.0317. The first kappa shape index (κ1) is 26.5. The van der Waals surface area contributed by atoms with Crippen molar-refractivity contribution in [1.29, 1.82) is 0 Å². The Morgan fingerprint density at radius 3 is 1.45 bits per heavy atom. The predicted molar refractivity (Wildman–Crippen MR) is 119 cm³/mol. The van der Waals surface area contributed by atoms with Gasteiger partial charge in [-0.1, -0.05) is 26.7 Å². The third-order valence-corrected chi connectivity index (χ3v) is 5.06. The fourth-order valence-electron chi connectivity index (χ4n) is 3.41. The number of aliphatic hydroxyl groups excluding tert-OH is 2. The molecule has 0 amide bonds. The summed E-state index contributed by atoms with van der Waals surface area (Å²) in [7, 11) is 0. The molecule has 0 fully saturated rings. The Hall–Kier alpha value is -2.50. The van der Waals surface area contributed by atoms with E-state index in [9.17, 15) is 19.8 Å². The molecular formula is C24H32FeN2O4. The number of unbranched alkanes of at least 4 members (excludes halogenated alkanes) is 3. The number of ketones is 2. The van der Waals surface area contributed by atoms with Gasteiger partial charge in [-0.2, -0.15) is 0 Å². The zero-order valence-corrected chi connectivity index (χ0v) is 19.3. The molecule has 31 heavy (non-hydrogen) atoms. The van der Waals surface area contributed by atoms with E-state index in [0.29, 0.717) is 24.0 Å². The molecule has 2 aliphatic carbocycles. The van der Waals surface area contributed by atoms with Gasteiger partial charge in [0.1, 0.15) is 11.5 Å². The van der Waals surface area contributed by atoms with Gasteiger partial charge in [0, 0.05) is 52.7 Å². The Labute approximate surface area is 195 Å². The van der Waals surface area contributed by atoms with Crippen LogP contribution in [0.1, 0.15) is 52.4 Å². The van der Waals surface area contributed by atoms with Crippen LogP contribution in [0.4, 0.5) is 0 Å². The summed E-state index contributed by atoms with van der Waals surface area (Å²) in [5, 5.41) is 25.9. The second-order valence-corrected chi connectivity index (χ2v) is 7.29. The van der Waals surface area contributed by atoms with Gasteiger partial charge in [0.2, 0.25) is 0 Å². The van der Waals surface area contributed by atoms with E-state index in [2.05, 4.69) is 10.6 Å². The maximum atomic E-state index is 12.0. The molecule has 2 aliphatic rings. The van der Waals surface area contributed by atoms with Gasteiger partial charge in [-0.3, -0.25) is 9.59 Å². The number of hydrogen-bond donors (Lipinski definition) is 4.